The van der Waals surface area contributed by atoms with Crippen LogP contribution in [0, 0.1) is 5.41 Å². The van der Waals surface area contributed by atoms with Gasteiger partial charge in [0.1, 0.15) is 5.54 Å². The zero-order valence-electron chi connectivity index (χ0n) is 13.7. The molecule has 0 bridgehead atoms. The molecule has 1 saturated heterocycles. The smallest absolute Gasteiger partial charge is 0.323 e. The molecule has 118 valence electrons. The van der Waals surface area contributed by atoms with E-state index in [9.17, 15) is 9.90 Å². The number of nitrogens with zero attached hydrogens (tertiary/aromatic N) is 1. The van der Waals surface area contributed by atoms with Crippen LogP contribution in [0.15, 0.2) is 0 Å². The molecular weight excluding hydrogens is 252 g/mol. The largest absolute Gasteiger partial charge is 0.480 e. The van der Waals surface area contributed by atoms with Crippen LogP contribution in [0.2, 0.25) is 0 Å². The van der Waals surface area contributed by atoms with Crippen molar-refractivity contribution in [2.24, 2.45) is 5.41 Å². The van der Waals surface area contributed by atoms with Crippen LogP contribution in [0.1, 0.15) is 59.8 Å². The van der Waals surface area contributed by atoms with Gasteiger partial charge in [-0.2, -0.15) is 0 Å². The first kappa shape index (κ1) is 17.4. The van der Waals surface area contributed by atoms with Crippen LogP contribution in [-0.4, -0.2) is 47.7 Å². The number of likely N-dealkylation sites (N-methyl/N-ethyl adjacent to an activating group) is 1. The molecule has 0 saturated carbocycles. The average Bonchev–Trinajstić information content (AvgIpc) is 2.46. The Morgan fingerprint density at radius 3 is 2.20 bits per heavy atom. The molecule has 1 atom stereocenters. The minimum Gasteiger partial charge on any atom is -0.480 e. The van der Waals surface area contributed by atoms with Crippen molar-refractivity contribution in [2.45, 2.75) is 65.3 Å². The monoisotopic (exact) mass is 284 g/mol. The average molecular weight is 284 g/mol. The summed E-state index contributed by atoms with van der Waals surface area (Å²) < 4.78 is 0. The fourth-order valence-corrected chi connectivity index (χ4v) is 3.25. The summed E-state index contributed by atoms with van der Waals surface area (Å²) >= 11 is 0. The summed E-state index contributed by atoms with van der Waals surface area (Å²) in [5.41, 5.74) is -0.257. The first-order chi connectivity index (χ1) is 9.41. The lowest BCUT2D eigenvalue weighted by molar-refractivity contribution is -0.144. The van der Waals surface area contributed by atoms with Crippen LogP contribution in [0.3, 0.4) is 0 Å². The summed E-state index contributed by atoms with van der Waals surface area (Å²) in [4.78, 5) is 13.8. The van der Waals surface area contributed by atoms with Gasteiger partial charge < -0.3 is 15.3 Å². The van der Waals surface area contributed by atoms with Crippen molar-refractivity contribution in [1.82, 2.24) is 10.2 Å². The van der Waals surface area contributed by atoms with Gasteiger partial charge in [0.25, 0.3) is 0 Å². The Morgan fingerprint density at radius 2 is 1.80 bits per heavy atom. The van der Waals surface area contributed by atoms with Gasteiger partial charge in [-0.25, -0.2) is 0 Å². The highest BCUT2D eigenvalue weighted by Crippen LogP contribution is 2.37. The SMILES string of the molecule is CCNC(C)(CCN1CCC(CC)(CC)CC1)C(=O)O. The summed E-state index contributed by atoms with van der Waals surface area (Å²) in [5, 5.41) is 12.5. The molecule has 2 N–H and O–H groups in total. The van der Waals surface area contributed by atoms with E-state index in [-0.39, 0.29) is 0 Å². The third-order valence-electron chi connectivity index (χ3n) is 5.38. The molecule has 4 heteroatoms. The van der Waals surface area contributed by atoms with Crippen LogP contribution >= 0.6 is 0 Å². The number of likely N-dealkylation sites (tertiary alicyclic amines) is 1. The number of carboxylic acid groups (broad SMARTS) is 1. The van der Waals surface area contributed by atoms with Gasteiger partial charge in [-0.05, 0) is 51.2 Å². The standard InChI is InChI=1S/C16H32N2O2/c1-5-16(6-2)9-12-18(13-10-16)11-8-15(4,14(19)20)17-7-3/h17H,5-13H2,1-4H3,(H,19,20). The number of hydrogen-bond donors (Lipinski definition) is 2. The fraction of sp³-hybridized carbons (Fsp3) is 0.938. The molecule has 1 unspecified atom stereocenters. The van der Waals surface area contributed by atoms with E-state index in [2.05, 4.69) is 24.1 Å². The van der Waals surface area contributed by atoms with Crippen LogP contribution < -0.4 is 5.32 Å². The van der Waals surface area contributed by atoms with Gasteiger partial charge in [-0.15, -0.1) is 0 Å². The summed E-state index contributed by atoms with van der Waals surface area (Å²) in [6.07, 6.45) is 5.71. The van der Waals surface area contributed by atoms with E-state index in [4.69, 9.17) is 0 Å². The summed E-state index contributed by atoms with van der Waals surface area (Å²) in [6, 6.07) is 0. The second kappa shape index (κ2) is 7.41. The minimum atomic E-state index is -0.793. The van der Waals surface area contributed by atoms with Crippen LogP contribution in [0.25, 0.3) is 0 Å². The Bertz CT molecular complexity index is 306. The predicted octanol–water partition coefficient (Wildman–Crippen LogP) is 2.73. The number of aliphatic carboxylic acids is 1. The summed E-state index contributed by atoms with van der Waals surface area (Å²) in [7, 11) is 0. The van der Waals surface area contributed by atoms with Crippen molar-refractivity contribution in [3.63, 3.8) is 0 Å². The summed E-state index contributed by atoms with van der Waals surface area (Å²) in [6.45, 7) is 12.1. The number of rotatable bonds is 8. The highest BCUT2D eigenvalue weighted by molar-refractivity contribution is 5.78. The van der Waals surface area contributed by atoms with E-state index < -0.39 is 11.5 Å². The Hall–Kier alpha value is -0.610. The Balaban J connectivity index is 2.46. The Kier molecular flexibility index (Phi) is 6.46. The minimum absolute atomic E-state index is 0.536. The van der Waals surface area contributed by atoms with Gasteiger partial charge in [0.05, 0.1) is 0 Å². The second-order valence-corrected chi connectivity index (χ2v) is 6.47. The molecular formula is C16H32N2O2. The molecule has 0 aromatic rings. The van der Waals surface area contributed by atoms with E-state index in [1.54, 1.807) is 6.92 Å². The van der Waals surface area contributed by atoms with E-state index in [1.165, 1.54) is 25.7 Å². The molecule has 1 heterocycles. The van der Waals surface area contributed by atoms with Gasteiger partial charge in [0.15, 0.2) is 0 Å². The first-order valence-corrected chi connectivity index (χ1v) is 8.12. The van der Waals surface area contributed by atoms with E-state index >= 15 is 0 Å². The van der Waals surface area contributed by atoms with Gasteiger partial charge in [0, 0.05) is 6.54 Å². The van der Waals surface area contributed by atoms with Crippen molar-refractivity contribution in [3.05, 3.63) is 0 Å². The Labute approximate surface area is 123 Å². The van der Waals surface area contributed by atoms with Gasteiger partial charge in [-0.3, -0.25) is 4.79 Å². The third-order valence-corrected chi connectivity index (χ3v) is 5.38. The number of nitrogens with one attached hydrogen (secondary N) is 1. The number of carboxylic acids is 1. The van der Waals surface area contributed by atoms with Gasteiger partial charge in [-0.1, -0.05) is 33.6 Å². The Morgan fingerprint density at radius 1 is 1.25 bits per heavy atom. The van der Waals surface area contributed by atoms with Gasteiger partial charge in [0.2, 0.25) is 0 Å². The molecule has 0 aromatic carbocycles. The maximum atomic E-state index is 11.4. The van der Waals surface area contributed by atoms with Crippen LogP contribution in [0.4, 0.5) is 0 Å². The van der Waals surface area contributed by atoms with Crippen molar-refractivity contribution in [1.29, 1.82) is 0 Å². The number of carbonyl (C=O) groups is 1. The molecule has 0 aromatic heterocycles. The molecule has 0 spiro atoms. The van der Waals surface area contributed by atoms with E-state index in [0.717, 1.165) is 19.6 Å². The van der Waals surface area contributed by atoms with Gasteiger partial charge >= 0.3 is 5.97 Å². The molecule has 0 amide bonds. The first-order valence-electron chi connectivity index (χ1n) is 8.12. The van der Waals surface area contributed by atoms with Crippen molar-refractivity contribution >= 4 is 5.97 Å². The van der Waals surface area contributed by atoms with E-state index in [1.807, 2.05) is 6.92 Å². The normalized spacial score (nSPS) is 22.4. The van der Waals surface area contributed by atoms with E-state index in [0.29, 0.717) is 18.4 Å². The zero-order valence-corrected chi connectivity index (χ0v) is 13.7. The molecule has 1 fully saturated rings. The fourth-order valence-electron chi connectivity index (χ4n) is 3.25. The quantitative estimate of drug-likeness (QED) is 0.719. The molecule has 4 nitrogen and oxygen atoms in total. The molecule has 20 heavy (non-hydrogen) atoms. The second-order valence-electron chi connectivity index (χ2n) is 6.47. The lowest BCUT2D eigenvalue weighted by atomic mass is 9.74. The maximum Gasteiger partial charge on any atom is 0.323 e. The highest BCUT2D eigenvalue weighted by Gasteiger charge is 2.35. The summed E-state index contributed by atoms with van der Waals surface area (Å²) in [5.74, 6) is -0.743. The molecule has 1 aliphatic heterocycles. The number of hydrogen-bond acceptors (Lipinski definition) is 3. The van der Waals surface area contributed by atoms with Crippen molar-refractivity contribution < 1.29 is 9.90 Å². The lowest BCUT2D eigenvalue weighted by Crippen LogP contribution is -2.52. The molecule has 1 rings (SSSR count). The molecule has 1 aliphatic rings. The lowest BCUT2D eigenvalue weighted by Gasteiger charge is -2.41. The third kappa shape index (κ3) is 4.19. The van der Waals surface area contributed by atoms with Crippen LogP contribution in [0.5, 0.6) is 0 Å². The van der Waals surface area contributed by atoms with Crippen molar-refractivity contribution in [2.75, 3.05) is 26.2 Å². The number of piperidine rings is 1. The predicted molar refractivity (Wildman–Crippen MR) is 83.0 cm³/mol. The van der Waals surface area contributed by atoms with Crippen LogP contribution in [-0.2, 0) is 4.79 Å². The molecule has 0 aliphatic carbocycles. The van der Waals surface area contributed by atoms with Crippen molar-refractivity contribution in [3.8, 4) is 0 Å². The highest BCUT2D eigenvalue weighted by atomic mass is 16.4. The maximum absolute atomic E-state index is 11.4. The zero-order chi connectivity index (χ0) is 15.2. The topological polar surface area (TPSA) is 52.6 Å². The molecule has 0 radical (unpaired) electrons.